The highest BCUT2D eigenvalue weighted by atomic mass is 14.2. The molecule has 0 heteroatoms. The monoisotopic (exact) mass is 192 g/mol. The van der Waals surface area contributed by atoms with Crippen LogP contribution in [0, 0.1) is 11.8 Å². The van der Waals surface area contributed by atoms with Gasteiger partial charge in [-0.25, -0.2) is 0 Å². The van der Waals surface area contributed by atoms with E-state index in [0.29, 0.717) is 0 Å². The molecule has 0 saturated heterocycles. The Hall–Kier alpha value is -0.520. The minimum atomic E-state index is 0.732. The van der Waals surface area contributed by atoms with Crippen molar-refractivity contribution in [1.29, 1.82) is 0 Å². The predicted molar refractivity (Wildman–Crippen MR) is 64.3 cm³/mol. The van der Waals surface area contributed by atoms with E-state index in [9.17, 15) is 0 Å². The molecule has 0 amide bonds. The minimum absolute atomic E-state index is 0.732. The summed E-state index contributed by atoms with van der Waals surface area (Å²) in [4.78, 5) is 0. The number of hydrogen-bond donors (Lipinski definition) is 0. The summed E-state index contributed by atoms with van der Waals surface area (Å²) >= 11 is 0. The molecule has 2 unspecified atom stereocenters. The summed E-state index contributed by atoms with van der Waals surface area (Å²) in [5, 5.41) is 0. The molecule has 0 aromatic rings. The molecule has 1 aliphatic rings. The van der Waals surface area contributed by atoms with Crippen molar-refractivity contribution in [1.82, 2.24) is 0 Å². The fourth-order valence-corrected chi connectivity index (χ4v) is 2.11. The molecule has 0 fully saturated rings. The Morgan fingerprint density at radius 3 is 2.93 bits per heavy atom. The van der Waals surface area contributed by atoms with Gasteiger partial charge in [0.2, 0.25) is 0 Å². The maximum Gasteiger partial charge on any atom is -0.00234 e. The van der Waals surface area contributed by atoms with Crippen molar-refractivity contribution in [2.45, 2.75) is 52.9 Å². The fourth-order valence-electron chi connectivity index (χ4n) is 2.11. The summed E-state index contributed by atoms with van der Waals surface area (Å²) in [7, 11) is 0. The fraction of sp³-hybridized carbons (Fsp3) is 0.714. The molecule has 0 radical (unpaired) electrons. The molecule has 0 aromatic carbocycles. The van der Waals surface area contributed by atoms with Crippen LogP contribution in [0.5, 0.6) is 0 Å². The van der Waals surface area contributed by atoms with Crippen molar-refractivity contribution >= 4 is 0 Å². The van der Waals surface area contributed by atoms with Crippen LogP contribution in [0.25, 0.3) is 0 Å². The first-order valence-corrected chi connectivity index (χ1v) is 6.07. The Labute approximate surface area is 89.1 Å². The van der Waals surface area contributed by atoms with Crippen LogP contribution in [0.4, 0.5) is 0 Å². The molecular formula is C14H24. The molecule has 14 heavy (non-hydrogen) atoms. The van der Waals surface area contributed by atoms with E-state index in [1.807, 2.05) is 0 Å². The van der Waals surface area contributed by atoms with E-state index in [0.717, 1.165) is 11.8 Å². The highest BCUT2D eigenvalue weighted by Crippen LogP contribution is 2.28. The molecule has 0 nitrogen and oxygen atoms in total. The van der Waals surface area contributed by atoms with Crippen molar-refractivity contribution in [2.75, 3.05) is 0 Å². The molecule has 0 spiro atoms. The van der Waals surface area contributed by atoms with E-state index < -0.39 is 0 Å². The topological polar surface area (TPSA) is 0 Å². The average Bonchev–Trinajstić information content (AvgIpc) is 2.18. The van der Waals surface area contributed by atoms with Gasteiger partial charge in [0.15, 0.2) is 0 Å². The molecule has 1 rings (SSSR count). The Bertz CT molecular complexity index is 210. The van der Waals surface area contributed by atoms with E-state index in [1.165, 1.54) is 32.1 Å². The zero-order chi connectivity index (χ0) is 10.4. The van der Waals surface area contributed by atoms with Gasteiger partial charge in [-0.15, -0.1) is 0 Å². The first kappa shape index (κ1) is 11.6. The van der Waals surface area contributed by atoms with Crippen LogP contribution in [0.2, 0.25) is 0 Å². The lowest BCUT2D eigenvalue weighted by atomic mass is 9.83. The number of rotatable bonds is 4. The van der Waals surface area contributed by atoms with Gasteiger partial charge in [-0.2, -0.15) is 0 Å². The normalized spacial score (nSPS) is 28.1. The molecule has 80 valence electrons. The molecule has 0 heterocycles. The summed E-state index contributed by atoms with van der Waals surface area (Å²) in [5.41, 5.74) is 1.58. The summed E-state index contributed by atoms with van der Waals surface area (Å²) in [6, 6.07) is 0. The third-order valence-corrected chi connectivity index (χ3v) is 3.17. The van der Waals surface area contributed by atoms with Crippen LogP contribution in [-0.4, -0.2) is 0 Å². The standard InChI is InChI=1S/C14H24/c1-4-5-6-9-13(3)14-10-7-8-12(2)11-14/h7,9-10,12,14H,4-6,8,11H2,1-3H3. The van der Waals surface area contributed by atoms with Crippen molar-refractivity contribution in [3.8, 4) is 0 Å². The predicted octanol–water partition coefficient (Wildman–Crippen LogP) is 4.73. The Morgan fingerprint density at radius 2 is 2.29 bits per heavy atom. The highest BCUT2D eigenvalue weighted by Gasteiger charge is 2.14. The van der Waals surface area contributed by atoms with E-state index in [1.54, 1.807) is 5.57 Å². The SMILES string of the molecule is CCCCC=C(C)C1C=CCC(C)C1. The van der Waals surface area contributed by atoms with Gasteiger partial charge in [0.25, 0.3) is 0 Å². The smallest absolute Gasteiger partial charge is 0.00234 e. The van der Waals surface area contributed by atoms with Crippen LogP contribution in [0.1, 0.15) is 52.9 Å². The summed E-state index contributed by atoms with van der Waals surface area (Å²) in [6.45, 7) is 6.91. The van der Waals surface area contributed by atoms with Crippen molar-refractivity contribution in [3.05, 3.63) is 23.8 Å². The lowest BCUT2D eigenvalue weighted by Gasteiger charge is -2.22. The molecule has 0 saturated carbocycles. The first-order valence-electron chi connectivity index (χ1n) is 6.07. The van der Waals surface area contributed by atoms with Gasteiger partial charge in [0, 0.05) is 0 Å². The summed E-state index contributed by atoms with van der Waals surface area (Å²) in [6.07, 6.45) is 13.7. The zero-order valence-corrected chi connectivity index (χ0v) is 9.92. The maximum atomic E-state index is 2.44. The molecule has 0 N–H and O–H groups in total. The van der Waals surface area contributed by atoms with Crippen molar-refractivity contribution < 1.29 is 0 Å². The number of unbranched alkanes of at least 4 members (excludes halogenated alkanes) is 2. The van der Waals surface area contributed by atoms with E-state index in [4.69, 9.17) is 0 Å². The summed E-state index contributed by atoms with van der Waals surface area (Å²) in [5.74, 6) is 1.61. The van der Waals surface area contributed by atoms with Crippen LogP contribution < -0.4 is 0 Å². The molecule has 0 aromatic heterocycles. The lowest BCUT2D eigenvalue weighted by molar-refractivity contribution is 0.460. The van der Waals surface area contributed by atoms with Crippen molar-refractivity contribution in [3.63, 3.8) is 0 Å². The quantitative estimate of drug-likeness (QED) is 0.446. The first-order chi connectivity index (χ1) is 6.74. The zero-order valence-electron chi connectivity index (χ0n) is 9.92. The number of allylic oxidation sites excluding steroid dienone is 4. The van der Waals surface area contributed by atoms with Gasteiger partial charge in [-0.05, 0) is 38.0 Å². The second-order valence-electron chi connectivity index (χ2n) is 4.70. The van der Waals surface area contributed by atoms with Crippen molar-refractivity contribution in [2.24, 2.45) is 11.8 Å². The summed E-state index contributed by atoms with van der Waals surface area (Å²) < 4.78 is 0. The van der Waals surface area contributed by atoms with Gasteiger partial charge in [0.1, 0.15) is 0 Å². The van der Waals surface area contributed by atoms with E-state index in [2.05, 4.69) is 39.0 Å². The van der Waals surface area contributed by atoms with E-state index in [-0.39, 0.29) is 0 Å². The maximum absolute atomic E-state index is 2.44. The third kappa shape index (κ3) is 3.69. The lowest BCUT2D eigenvalue weighted by Crippen LogP contribution is -2.09. The van der Waals surface area contributed by atoms with Crippen LogP contribution in [0.3, 0.4) is 0 Å². The van der Waals surface area contributed by atoms with Gasteiger partial charge in [-0.1, -0.05) is 50.5 Å². The third-order valence-electron chi connectivity index (χ3n) is 3.17. The number of hydrogen-bond acceptors (Lipinski definition) is 0. The van der Waals surface area contributed by atoms with Gasteiger partial charge >= 0.3 is 0 Å². The molecular weight excluding hydrogens is 168 g/mol. The molecule has 0 bridgehead atoms. The van der Waals surface area contributed by atoms with Gasteiger partial charge in [-0.3, -0.25) is 0 Å². The molecule has 1 aliphatic carbocycles. The minimum Gasteiger partial charge on any atom is -0.0877 e. The Kier molecular flexibility index (Phi) is 5.00. The Balaban J connectivity index is 2.43. The average molecular weight is 192 g/mol. The highest BCUT2D eigenvalue weighted by molar-refractivity contribution is 5.13. The molecule has 0 aliphatic heterocycles. The molecule has 2 atom stereocenters. The van der Waals surface area contributed by atoms with Gasteiger partial charge in [0.05, 0.1) is 0 Å². The van der Waals surface area contributed by atoms with Crippen LogP contribution >= 0.6 is 0 Å². The van der Waals surface area contributed by atoms with Crippen LogP contribution in [-0.2, 0) is 0 Å². The van der Waals surface area contributed by atoms with Crippen LogP contribution in [0.15, 0.2) is 23.8 Å². The van der Waals surface area contributed by atoms with E-state index >= 15 is 0 Å². The second-order valence-corrected chi connectivity index (χ2v) is 4.70. The second kappa shape index (κ2) is 6.06. The Morgan fingerprint density at radius 1 is 1.50 bits per heavy atom. The largest absolute Gasteiger partial charge is 0.0877 e. The van der Waals surface area contributed by atoms with Gasteiger partial charge < -0.3 is 0 Å².